The molecule has 0 unspecified atom stereocenters. The zero-order chi connectivity index (χ0) is 0. The van der Waals surface area contributed by atoms with Gasteiger partial charge in [-0.1, -0.05) is 0 Å². The molecule has 0 saturated carbocycles. The molecular weight excluding hydrogens is 559 g/mol. The third kappa shape index (κ3) is 136. The molecule has 0 aromatic carbocycles. The van der Waals surface area contributed by atoms with Gasteiger partial charge in [0.25, 0.3) is 0 Å². The topological polar surface area (TPSA) is 142 Å². The van der Waals surface area contributed by atoms with Crippen LogP contribution >= 0.6 is 0 Å². The van der Waals surface area contributed by atoms with E-state index in [1.807, 2.05) is 0 Å². The van der Waals surface area contributed by atoms with Crippen LogP contribution in [0.25, 0.3) is 0 Å². The normalized spacial score (nSPS) is 0. The Hall–Kier alpha value is 2.27. The van der Waals surface area contributed by atoms with E-state index < -0.39 is 0 Å². The van der Waals surface area contributed by atoms with Crippen molar-refractivity contribution >= 4 is 0 Å². The van der Waals surface area contributed by atoms with Crippen molar-refractivity contribution in [2.24, 2.45) is 0 Å². The van der Waals surface area contributed by atoms with Crippen LogP contribution in [-0.2, 0) is 105 Å². The molecule has 0 fully saturated rings. The van der Waals surface area contributed by atoms with Crippen LogP contribution in [-0.4, -0.2) is 0 Å². The summed E-state index contributed by atoms with van der Waals surface area (Å²) in [5.74, 6) is 0. The van der Waals surface area contributed by atoms with Gasteiger partial charge in [-0.15, -0.1) is 0 Å². The molecule has 0 radical (unpaired) electrons. The molecule has 0 spiro atoms. The molecule has 0 saturated heterocycles. The van der Waals surface area contributed by atoms with Crippen LogP contribution < -0.4 is 0 Å². The predicted molar refractivity (Wildman–Crippen MR) is 3.43 cm³/mol. The Balaban J connectivity index is 0. The maximum atomic E-state index is 0. The molecule has 0 bridgehead atoms. The van der Waals surface area contributed by atoms with Crippen LogP contribution in [0.1, 0.15) is 0 Å². The van der Waals surface area contributed by atoms with E-state index >= 15 is 0 Å². The van der Waals surface area contributed by atoms with Gasteiger partial charge in [-0.25, -0.2) is 0 Å². The molecule has 60 valence electrons. The second-order valence-corrected chi connectivity index (χ2v) is 0. The van der Waals surface area contributed by atoms with E-state index in [-0.39, 0.29) is 105 Å². The molecule has 9 heteroatoms. The smallest absolute Gasteiger partial charge is 2.00 e. The zero-order valence-corrected chi connectivity index (χ0v) is 12.0. The average Bonchev–Trinajstić information content (AvgIpc) is 0. The fourth-order valence-corrected chi connectivity index (χ4v) is 0. The van der Waals surface area contributed by atoms with Gasteiger partial charge in [0.15, 0.2) is 0 Å². The Morgan fingerprint density at radius 3 is 0.333 bits per heavy atom. The van der Waals surface area contributed by atoms with Crippen LogP contribution in [0.4, 0.5) is 0 Å². The van der Waals surface area contributed by atoms with Crippen LogP contribution in [0, 0.1) is 0 Å². The second kappa shape index (κ2) is 172. The van der Waals surface area contributed by atoms with Gasteiger partial charge < -0.3 is 27.4 Å². The van der Waals surface area contributed by atoms with Crippen molar-refractivity contribution in [2.45, 2.75) is 0 Å². The van der Waals surface area contributed by atoms with Gasteiger partial charge in [-0.3, -0.25) is 0 Å². The second-order valence-electron chi connectivity index (χ2n) is 0. The predicted octanol–water partition coefficient (Wildman–Crippen LogP) is -0.604. The van der Waals surface area contributed by atoms with Gasteiger partial charge >= 0.3 is 44.8 Å². The Morgan fingerprint density at radius 2 is 0.333 bits per heavy atom. The minimum Gasteiger partial charge on any atom is -2.00 e. The third-order valence-corrected chi connectivity index (χ3v) is 0. The summed E-state index contributed by atoms with van der Waals surface area (Å²) in [4.78, 5) is 0. The largest absolute Gasteiger partial charge is 5.00 e. The van der Waals surface area contributed by atoms with Crippen molar-refractivity contribution in [3.63, 3.8) is 0 Å². The van der Waals surface area contributed by atoms with E-state index in [0.717, 1.165) is 0 Å². The van der Waals surface area contributed by atoms with Crippen LogP contribution in [0.2, 0.25) is 0 Å². The fraction of sp³-hybridized carbons (Fsp3) is 0. The Morgan fingerprint density at radius 1 is 0.333 bits per heavy atom. The van der Waals surface area contributed by atoms with Crippen molar-refractivity contribution in [1.29, 1.82) is 0 Å². The summed E-state index contributed by atoms with van der Waals surface area (Å²) < 4.78 is 0. The molecule has 0 aromatic heterocycles. The van der Waals surface area contributed by atoms with Crippen molar-refractivity contribution < 1.29 is 105 Å². The maximum absolute atomic E-state index is 0. The minimum atomic E-state index is 0. The van der Waals surface area contributed by atoms with Gasteiger partial charge in [-0.2, -0.15) is 0 Å². The van der Waals surface area contributed by atoms with Gasteiger partial charge in [0, 0.05) is 33.0 Å². The van der Waals surface area contributed by atoms with Crippen molar-refractivity contribution in [3.8, 4) is 0 Å². The molecule has 0 N–H and O–H groups in total. The van der Waals surface area contributed by atoms with Gasteiger partial charge in [0.1, 0.15) is 0 Å². The Kier molecular flexibility index (Phi) is 4400. The van der Waals surface area contributed by atoms with Crippen LogP contribution in [0.3, 0.4) is 0 Å². The van der Waals surface area contributed by atoms with Gasteiger partial charge in [0.2, 0.25) is 0 Å². The summed E-state index contributed by atoms with van der Waals surface area (Å²) >= 11 is 0. The molecular formula is Ni2O5Ta2. The first-order valence-electron chi connectivity index (χ1n) is 0. The first-order valence-corrected chi connectivity index (χ1v) is 0. The first-order chi connectivity index (χ1) is 0. The number of rotatable bonds is 0. The summed E-state index contributed by atoms with van der Waals surface area (Å²) in [6, 6.07) is 0. The van der Waals surface area contributed by atoms with Crippen molar-refractivity contribution in [2.75, 3.05) is 0 Å². The maximum Gasteiger partial charge on any atom is 5.00 e. The standard InChI is InChI=1S/2Ni.5O.2Ta/q;;5*-2;2*+5. The molecule has 9 heavy (non-hydrogen) atoms. The third-order valence-electron chi connectivity index (χ3n) is 0. The average molecular weight is 559 g/mol. The summed E-state index contributed by atoms with van der Waals surface area (Å²) in [6.07, 6.45) is 0. The van der Waals surface area contributed by atoms with E-state index in [1.54, 1.807) is 0 Å². The van der Waals surface area contributed by atoms with Crippen molar-refractivity contribution in [1.82, 2.24) is 0 Å². The van der Waals surface area contributed by atoms with Crippen LogP contribution in [0.15, 0.2) is 0 Å². The molecule has 5 nitrogen and oxygen atoms in total. The van der Waals surface area contributed by atoms with E-state index in [4.69, 9.17) is 0 Å². The molecule has 0 rings (SSSR count). The Bertz CT molecular complexity index is 12.9. The SMILES string of the molecule is [Ni].[Ni].[O-2].[O-2].[O-2].[O-2].[O-2].[Ta+5].[Ta+5]. The summed E-state index contributed by atoms with van der Waals surface area (Å²) in [7, 11) is 0. The minimum absolute atomic E-state index is 0. The van der Waals surface area contributed by atoms with E-state index in [2.05, 4.69) is 0 Å². The number of hydrogen-bond acceptors (Lipinski definition) is 0. The summed E-state index contributed by atoms with van der Waals surface area (Å²) in [5.41, 5.74) is 0. The monoisotopic (exact) mass is 558 g/mol. The van der Waals surface area contributed by atoms with Crippen LogP contribution in [0.5, 0.6) is 0 Å². The van der Waals surface area contributed by atoms with E-state index in [0.29, 0.717) is 0 Å². The molecule has 0 heterocycles. The molecule has 0 aliphatic carbocycles. The molecule has 0 aliphatic heterocycles. The molecule has 0 amide bonds. The molecule has 0 atom stereocenters. The number of hydrogen-bond donors (Lipinski definition) is 0. The fourth-order valence-electron chi connectivity index (χ4n) is 0. The van der Waals surface area contributed by atoms with Crippen molar-refractivity contribution in [3.05, 3.63) is 0 Å². The molecule has 0 aliphatic rings. The summed E-state index contributed by atoms with van der Waals surface area (Å²) in [5, 5.41) is 0. The van der Waals surface area contributed by atoms with Gasteiger partial charge in [0.05, 0.1) is 0 Å². The first kappa shape index (κ1) is 231. The van der Waals surface area contributed by atoms with E-state index in [1.165, 1.54) is 0 Å². The Labute approximate surface area is 104 Å². The summed E-state index contributed by atoms with van der Waals surface area (Å²) in [6.45, 7) is 0. The quantitative estimate of drug-likeness (QED) is 0.350. The zero-order valence-electron chi connectivity index (χ0n) is 3.57. The van der Waals surface area contributed by atoms with E-state index in [9.17, 15) is 0 Å². The van der Waals surface area contributed by atoms with Gasteiger partial charge in [-0.05, 0) is 0 Å². The molecule has 0 aromatic rings.